The minimum atomic E-state index is -1.18. The van der Waals surface area contributed by atoms with E-state index in [1.807, 2.05) is 0 Å². The van der Waals surface area contributed by atoms with Crippen LogP contribution in [0.1, 0.15) is 38.1 Å². The summed E-state index contributed by atoms with van der Waals surface area (Å²) >= 11 is 5.90. The molecular weight excluding hydrogens is 334 g/mol. The van der Waals surface area contributed by atoms with Crippen LogP contribution in [0.25, 0.3) is 0 Å². The summed E-state index contributed by atoms with van der Waals surface area (Å²) in [6.07, 6.45) is 1.15. The minimum absolute atomic E-state index is 0.164. The molecule has 0 aliphatic carbocycles. The van der Waals surface area contributed by atoms with E-state index >= 15 is 0 Å². The Bertz CT molecular complexity index is 790. The van der Waals surface area contributed by atoms with E-state index < -0.39 is 11.9 Å². The van der Waals surface area contributed by atoms with E-state index in [1.54, 1.807) is 13.0 Å². The van der Waals surface area contributed by atoms with E-state index in [9.17, 15) is 14.4 Å². The van der Waals surface area contributed by atoms with Crippen molar-refractivity contribution < 1.29 is 19.5 Å². The van der Waals surface area contributed by atoms with Gasteiger partial charge in [0.2, 0.25) is 0 Å². The summed E-state index contributed by atoms with van der Waals surface area (Å²) in [7, 11) is 0. The Hall–Kier alpha value is -2.93. The molecule has 0 fully saturated rings. The lowest BCUT2D eigenvalue weighted by Crippen LogP contribution is -2.25. The molecule has 3 N–H and O–H groups in total. The van der Waals surface area contributed by atoms with Crippen molar-refractivity contribution in [2.75, 3.05) is 11.9 Å². The molecule has 0 atom stereocenters. The zero-order chi connectivity index (χ0) is 17.7. The van der Waals surface area contributed by atoms with Crippen LogP contribution in [-0.4, -0.2) is 34.4 Å². The molecule has 2 rings (SSSR count). The molecule has 1 aromatic heterocycles. The lowest BCUT2D eigenvalue weighted by Gasteiger charge is -2.11. The maximum Gasteiger partial charge on any atom is 0.354 e. The van der Waals surface area contributed by atoms with Crippen LogP contribution in [0.3, 0.4) is 0 Å². The average Bonchev–Trinajstić information content (AvgIpc) is 2.56. The van der Waals surface area contributed by atoms with Gasteiger partial charge in [0, 0.05) is 17.8 Å². The van der Waals surface area contributed by atoms with Crippen LogP contribution >= 0.6 is 11.6 Å². The molecule has 24 heavy (non-hydrogen) atoms. The van der Waals surface area contributed by atoms with Gasteiger partial charge in [-0.05, 0) is 37.3 Å². The number of nitrogens with zero attached hydrogens (tertiary/aromatic N) is 1. The Morgan fingerprint density at radius 2 is 1.92 bits per heavy atom. The highest BCUT2D eigenvalue weighted by molar-refractivity contribution is 6.31. The third-order valence-electron chi connectivity index (χ3n) is 3.06. The highest BCUT2D eigenvalue weighted by Gasteiger charge is 2.15. The Balaban J connectivity index is 2.25. The zero-order valence-electron chi connectivity index (χ0n) is 12.7. The molecule has 2 aromatic rings. The number of amides is 2. The first-order chi connectivity index (χ1) is 11.4. The van der Waals surface area contributed by atoms with E-state index in [0.717, 1.165) is 6.20 Å². The van der Waals surface area contributed by atoms with Crippen molar-refractivity contribution in [2.24, 2.45) is 0 Å². The largest absolute Gasteiger partial charge is 0.477 e. The van der Waals surface area contributed by atoms with Crippen molar-refractivity contribution in [3.05, 3.63) is 58.4 Å². The van der Waals surface area contributed by atoms with Crippen molar-refractivity contribution in [1.29, 1.82) is 0 Å². The first kappa shape index (κ1) is 17.4. The number of anilines is 1. The minimum Gasteiger partial charge on any atom is -0.477 e. The van der Waals surface area contributed by atoms with Crippen molar-refractivity contribution in [3.63, 3.8) is 0 Å². The number of aromatic carboxylic acids is 1. The predicted molar refractivity (Wildman–Crippen MR) is 88.6 cm³/mol. The van der Waals surface area contributed by atoms with Gasteiger partial charge in [0.25, 0.3) is 11.8 Å². The highest BCUT2D eigenvalue weighted by atomic mass is 35.5. The van der Waals surface area contributed by atoms with Gasteiger partial charge < -0.3 is 15.7 Å². The second-order valence-corrected chi connectivity index (χ2v) is 5.18. The standard InChI is InChI=1S/C16H14ClN3O4/c1-2-18-15(22)11-7-10(17)4-6-12(11)20-14(21)9-3-5-13(16(23)24)19-8-9/h3-8H,2H2,1H3,(H,18,22)(H,20,21)(H,23,24). The number of nitrogens with one attached hydrogen (secondary N) is 2. The van der Waals surface area contributed by atoms with Crippen molar-refractivity contribution in [3.8, 4) is 0 Å². The van der Waals surface area contributed by atoms with Crippen LogP contribution in [0, 0.1) is 0 Å². The molecule has 0 saturated carbocycles. The molecule has 0 aliphatic rings. The number of carbonyl (C=O) groups excluding carboxylic acids is 2. The lowest BCUT2D eigenvalue weighted by molar-refractivity contribution is 0.0689. The first-order valence-electron chi connectivity index (χ1n) is 7.00. The highest BCUT2D eigenvalue weighted by Crippen LogP contribution is 2.21. The van der Waals surface area contributed by atoms with Gasteiger partial charge in [-0.25, -0.2) is 9.78 Å². The zero-order valence-corrected chi connectivity index (χ0v) is 13.4. The number of carboxylic acids is 1. The molecular formula is C16H14ClN3O4. The van der Waals surface area contributed by atoms with Crippen LogP contribution < -0.4 is 10.6 Å². The van der Waals surface area contributed by atoms with Crippen LogP contribution in [-0.2, 0) is 0 Å². The molecule has 0 radical (unpaired) electrons. The van der Waals surface area contributed by atoms with E-state index in [2.05, 4.69) is 15.6 Å². The molecule has 0 unspecified atom stereocenters. The fraction of sp³-hybridized carbons (Fsp3) is 0.125. The summed E-state index contributed by atoms with van der Waals surface area (Å²) < 4.78 is 0. The van der Waals surface area contributed by atoms with Gasteiger partial charge in [-0.2, -0.15) is 0 Å². The number of carboxylic acid groups (broad SMARTS) is 1. The summed E-state index contributed by atoms with van der Waals surface area (Å²) in [6, 6.07) is 7.08. The second-order valence-electron chi connectivity index (χ2n) is 4.74. The molecule has 7 nitrogen and oxygen atoms in total. The predicted octanol–water partition coefficient (Wildman–Crippen LogP) is 2.44. The van der Waals surface area contributed by atoms with Crippen LogP contribution in [0.2, 0.25) is 5.02 Å². The summed E-state index contributed by atoms with van der Waals surface area (Å²) in [6.45, 7) is 2.20. The number of hydrogen-bond acceptors (Lipinski definition) is 4. The van der Waals surface area contributed by atoms with Crippen LogP contribution in [0.5, 0.6) is 0 Å². The molecule has 0 spiro atoms. The fourth-order valence-electron chi connectivity index (χ4n) is 1.92. The number of aromatic nitrogens is 1. The number of benzene rings is 1. The van der Waals surface area contributed by atoms with Gasteiger partial charge >= 0.3 is 5.97 Å². The molecule has 2 amide bonds. The number of halogens is 1. The third-order valence-corrected chi connectivity index (χ3v) is 3.29. The average molecular weight is 348 g/mol. The van der Waals surface area contributed by atoms with E-state index in [0.29, 0.717) is 11.6 Å². The van der Waals surface area contributed by atoms with Gasteiger partial charge in [-0.1, -0.05) is 11.6 Å². The maximum atomic E-state index is 12.2. The van der Waals surface area contributed by atoms with Crippen LogP contribution in [0.4, 0.5) is 5.69 Å². The van der Waals surface area contributed by atoms with Crippen molar-refractivity contribution in [2.45, 2.75) is 6.92 Å². The lowest BCUT2D eigenvalue weighted by atomic mass is 10.1. The molecule has 1 heterocycles. The smallest absolute Gasteiger partial charge is 0.354 e. The van der Waals surface area contributed by atoms with Crippen LogP contribution in [0.15, 0.2) is 36.5 Å². The van der Waals surface area contributed by atoms with Crippen molar-refractivity contribution in [1.82, 2.24) is 10.3 Å². The number of hydrogen-bond donors (Lipinski definition) is 3. The summed E-state index contributed by atoms with van der Waals surface area (Å²) in [5.74, 6) is -2.07. The topological polar surface area (TPSA) is 108 Å². The summed E-state index contributed by atoms with van der Waals surface area (Å²) in [5, 5.41) is 14.4. The SMILES string of the molecule is CCNC(=O)c1cc(Cl)ccc1NC(=O)c1ccc(C(=O)O)nc1. The molecule has 0 saturated heterocycles. The molecule has 0 aliphatic heterocycles. The molecule has 1 aromatic carbocycles. The molecule has 0 bridgehead atoms. The van der Waals surface area contributed by atoms with Gasteiger partial charge in [-0.3, -0.25) is 9.59 Å². The molecule has 8 heteroatoms. The monoisotopic (exact) mass is 347 g/mol. The van der Waals surface area contributed by atoms with Gasteiger partial charge in [0.05, 0.1) is 16.8 Å². The van der Waals surface area contributed by atoms with Gasteiger partial charge in [0.1, 0.15) is 5.69 Å². The number of pyridine rings is 1. The first-order valence-corrected chi connectivity index (χ1v) is 7.38. The Labute approximate surface area is 142 Å². The van der Waals surface area contributed by atoms with Gasteiger partial charge in [-0.15, -0.1) is 0 Å². The fourth-order valence-corrected chi connectivity index (χ4v) is 2.09. The quantitative estimate of drug-likeness (QED) is 0.769. The third kappa shape index (κ3) is 4.08. The Morgan fingerprint density at radius 3 is 2.50 bits per heavy atom. The molecule has 124 valence electrons. The number of rotatable bonds is 5. The Kier molecular flexibility index (Phi) is 5.49. The van der Waals surface area contributed by atoms with Crippen molar-refractivity contribution >= 4 is 35.1 Å². The summed E-state index contributed by atoms with van der Waals surface area (Å²) in [4.78, 5) is 38.8. The maximum absolute atomic E-state index is 12.2. The van der Waals surface area contributed by atoms with Gasteiger partial charge in [0.15, 0.2) is 0 Å². The summed E-state index contributed by atoms with van der Waals surface area (Å²) in [5.41, 5.74) is 0.517. The normalized spacial score (nSPS) is 10.1. The number of carbonyl (C=O) groups is 3. The second kappa shape index (κ2) is 7.56. The van der Waals surface area contributed by atoms with E-state index in [4.69, 9.17) is 16.7 Å². The van der Waals surface area contributed by atoms with E-state index in [1.165, 1.54) is 24.3 Å². The van der Waals surface area contributed by atoms with E-state index in [-0.39, 0.29) is 28.4 Å². The Morgan fingerprint density at radius 1 is 1.17 bits per heavy atom.